The van der Waals surface area contributed by atoms with Crippen LogP contribution in [0.2, 0.25) is 0 Å². The van der Waals surface area contributed by atoms with Gasteiger partial charge < -0.3 is 10.2 Å². The van der Waals surface area contributed by atoms with Crippen molar-refractivity contribution in [3.63, 3.8) is 0 Å². The summed E-state index contributed by atoms with van der Waals surface area (Å²) in [5, 5.41) is 23.2. The second kappa shape index (κ2) is 15.4. The molecule has 2 atom stereocenters. The Kier molecular flexibility index (Phi) is 12.1. The summed E-state index contributed by atoms with van der Waals surface area (Å²) in [5.74, 6) is 1.38. The van der Waals surface area contributed by atoms with Crippen LogP contribution in [-0.4, -0.2) is 10.2 Å². The van der Waals surface area contributed by atoms with E-state index in [-0.39, 0.29) is 22.7 Å². The molecule has 240 valence electrons. The first kappa shape index (κ1) is 35.4. The zero-order valence-corrected chi connectivity index (χ0v) is 30.6. The van der Waals surface area contributed by atoms with E-state index < -0.39 is 0 Å². The van der Waals surface area contributed by atoms with Crippen LogP contribution in [-0.2, 0) is 10.8 Å². The van der Waals surface area contributed by atoms with Crippen molar-refractivity contribution in [2.75, 3.05) is 0 Å². The summed E-state index contributed by atoms with van der Waals surface area (Å²) in [6.45, 7) is 17.7. The molecular weight excluding hydrogens is 609 g/mol. The maximum absolute atomic E-state index is 11.6. The summed E-state index contributed by atoms with van der Waals surface area (Å²) in [6, 6.07) is 29.7. The maximum atomic E-state index is 11.6. The minimum Gasteiger partial charge on any atom is -0.507 e. The highest BCUT2D eigenvalue weighted by atomic mass is 33.5. The Morgan fingerprint density at radius 3 is 1.27 bits per heavy atom. The van der Waals surface area contributed by atoms with Crippen LogP contribution in [0.4, 0.5) is 0 Å². The van der Waals surface area contributed by atoms with E-state index in [1.807, 2.05) is 12.1 Å². The van der Waals surface area contributed by atoms with Crippen molar-refractivity contribution >= 4 is 31.4 Å². The molecule has 0 fully saturated rings. The summed E-state index contributed by atoms with van der Waals surface area (Å²) in [5.41, 5.74) is 5.66. The fraction of sp³-hybridized carbons (Fsp3) is 0.400. The van der Waals surface area contributed by atoms with Crippen LogP contribution in [0.1, 0.15) is 126 Å². The SMILES string of the molecule is CCCC(C)c1cc(SSSc2cc(C(C)CCC)c(O)c(C(C)(C)c3ccccc3)c2)cc(C(C)(C)c2ccccc2)c1O. The van der Waals surface area contributed by atoms with E-state index in [1.165, 1.54) is 11.1 Å². The third kappa shape index (κ3) is 8.10. The largest absolute Gasteiger partial charge is 0.507 e. The second-order valence-electron chi connectivity index (χ2n) is 13.4. The molecule has 5 heteroatoms. The first-order valence-corrected chi connectivity index (χ1v) is 19.8. The van der Waals surface area contributed by atoms with E-state index in [2.05, 4.69) is 128 Å². The number of aromatic hydroxyl groups is 2. The Morgan fingerprint density at radius 1 is 0.578 bits per heavy atom. The fourth-order valence-corrected chi connectivity index (χ4v) is 10.1. The molecule has 0 amide bonds. The van der Waals surface area contributed by atoms with E-state index in [0.29, 0.717) is 11.5 Å². The van der Waals surface area contributed by atoms with Crippen molar-refractivity contribution in [1.29, 1.82) is 0 Å². The summed E-state index contributed by atoms with van der Waals surface area (Å²) >= 11 is 0. The van der Waals surface area contributed by atoms with Gasteiger partial charge in [-0.05, 0) is 103 Å². The molecule has 4 aromatic rings. The van der Waals surface area contributed by atoms with Crippen molar-refractivity contribution in [2.45, 2.75) is 114 Å². The Labute approximate surface area is 283 Å². The van der Waals surface area contributed by atoms with E-state index >= 15 is 0 Å². The quantitative estimate of drug-likeness (QED) is 0.132. The molecule has 2 nitrogen and oxygen atoms in total. The average Bonchev–Trinajstić information content (AvgIpc) is 3.03. The van der Waals surface area contributed by atoms with Crippen molar-refractivity contribution in [3.8, 4) is 11.5 Å². The number of benzene rings is 4. The van der Waals surface area contributed by atoms with Gasteiger partial charge in [-0.3, -0.25) is 0 Å². The van der Waals surface area contributed by atoms with Crippen LogP contribution < -0.4 is 0 Å². The first-order valence-electron chi connectivity index (χ1n) is 16.3. The van der Waals surface area contributed by atoms with Crippen LogP contribution in [0.15, 0.2) is 94.7 Å². The van der Waals surface area contributed by atoms with Crippen molar-refractivity contribution in [1.82, 2.24) is 0 Å². The average molecular weight is 659 g/mol. The molecule has 4 rings (SSSR count). The van der Waals surface area contributed by atoms with E-state index in [0.717, 1.165) is 57.7 Å². The summed E-state index contributed by atoms with van der Waals surface area (Å²) < 4.78 is 0. The van der Waals surface area contributed by atoms with Crippen LogP contribution in [0.3, 0.4) is 0 Å². The zero-order valence-electron chi connectivity index (χ0n) is 28.2. The van der Waals surface area contributed by atoms with Gasteiger partial charge >= 0.3 is 0 Å². The second-order valence-corrected chi connectivity index (χ2v) is 17.5. The fourth-order valence-electron chi connectivity index (χ4n) is 6.35. The highest BCUT2D eigenvalue weighted by Gasteiger charge is 2.31. The lowest BCUT2D eigenvalue weighted by atomic mass is 9.76. The number of hydrogen-bond donors (Lipinski definition) is 2. The summed E-state index contributed by atoms with van der Waals surface area (Å²) in [6.07, 6.45) is 4.20. The molecule has 0 saturated carbocycles. The van der Waals surface area contributed by atoms with Gasteiger partial charge in [-0.15, -0.1) is 0 Å². The molecule has 0 radical (unpaired) electrons. The standard InChI is InChI=1S/C40H50O2S3/c1-9-17-27(3)33-23-31(25-35(37(33)41)39(5,6)29-19-13-11-14-20-29)43-45-44-32-24-34(28(4)18-10-2)38(42)36(26-32)40(7,8)30-21-15-12-16-22-30/h11-16,19-28,41-42H,9-10,17-18H2,1-8H3. The molecule has 0 aliphatic rings. The van der Waals surface area contributed by atoms with E-state index in [4.69, 9.17) is 0 Å². The topological polar surface area (TPSA) is 40.5 Å². The van der Waals surface area contributed by atoms with Crippen molar-refractivity contribution in [3.05, 3.63) is 118 Å². The molecule has 2 unspecified atom stereocenters. The van der Waals surface area contributed by atoms with Gasteiger partial charge in [0.2, 0.25) is 0 Å². The predicted molar refractivity (Wildman–Crippen MR) is 199 cm³/mol. The summed E-state index contributed by atoms with van der Waals surface area (Å²) in [7, 11) is 5.23. The molecule has 0 saturated heterocycles. The van der Waals surface area contributed by atoms with Crippen LogP contribution in [0, 0.1) is 0 Å². The van der Waals surface area contributed by atoms with Gasteiger partial charge in [0.15, 0.2) is 0 Å². The predicted octanol–water partition coefficient (Wildman–Crippen LogP) is 13.0. The maximum Gasteiger partial charge on any atom is 0.123 e. The molecule has 0 spiro atoms. The Morgan fingerprint density at radius 2 is 0.933 bits per heavy atom. The third-order valence-electron chi connectivity index (χ3n) is 9.33. The van der Waals surface area contributed by atoms with Gasteiger partial charge in [0.25, 0.3) is 0 Å². The molecular formula is C40H50O2S3. The number of hydrogen-bond acceptors (Lipinski definition) is 5. The molecule has 0 bridgehead atoms. The molecule has 0 aromatic heterocycles. The van der Waals surface area contributed by atoms with Crippen LogP contribution in [0.5, 0.6) is 11.5 Å². The number of phenolic OH excluding ortho intramolecular Hbond substituents is 2. The van der Waals surface area contributed by atoms with Crippen molar-refractivity contribution < 1.29 is 10.2 Å². The van der Waals surface area contributed by atoms with Gasteiger partial charge in [-0.25, -0.2) is 0 Å². The Balaban J connectivity index is 1.69. The smallest absolute Gasteiger partial charge is 0.123 e. The van der Waals surface area contributed by atoms with Crippen molar-refractivity contribution in [2.24, 2.45) is 0 Å². The molecule has 0 heterocycles. The molecule has 45 heavy (non-hydrogen) atoms. The van der Waals surface area contributed by atoms with Crippen LogP contribution in [0.25, 0.3) is 0 Å². The highest BCUT2D eigenvalue weighted by Crippen LogP contribution is 2.51. The lowest BCUT2D eigenvalue weighted by molar-refractivity contribution is 0.438. The molecule has 0 aliphatic heterocycles. The van der Waals surface area contributed by atoms with Gasteiger partial charge in [0.1, 0.15) is 11.5 Å². The van der Waals surface area contributed by atoms with Gasteiger partial charge in [-0.1, -0.05) is 129 Å². The lowest BCUT2D eigenvalue weighted by Crippen LogP contribution is -2.20. The summed E-state index contributed by atoms with van der Waals surface area (Å²) in [4.78, 5) is 2.29. The van der Waals surface area contributed by atoms with Crippen LogP contribution >= 0.6 is 31.4 Å². The lowest BCUT2D eigenvalue weighted by Gasteiger charge is -2.30. The minimum atomic E-state index is -0.348. The monoisotopic (exact) mass is 658 g/mol. The number of phenols is 2. The van der Waals surface area contributed by atoms with E-state index in [9.17, 15) is 10.2 Å². The third-order valence-corrected chi connectivity index (χ3v) is 13.1. The highest BCUT2D eigenvalue weighted by molar-refractivity contribution is 9.09. The minimum absolute atomic E-state index is 0.265. The first-order chi connectivity index (χ1) is 21.4. The number of rotatable bonds is 14. The Bertz CT molecular complexity index is 1430. The molecule has 4 aromatic carbocycles. The van der Waals surface area contributed by atoms with Gasteiger partial charge in [-0.2, -0.15) is 0 Å². The van der Waals surface area contributed by atoms with E-state index in [1.54, 1.807) is 31.4 Å². The Hall–Kier alpha value is -2.47. The van der Waals surface area contributed by atoms with Gasteiger partial charge in [0, 0.05) is 31.7 Å². The zero-order chi connectivity index (χ0) is 32.8. The normalized spacial score (nSPS) is 13.5. The molecule has 0 aliphatic carbocycles. The van der Waals surface area contributed by atoms with Gasteiger partial charge in [0.05, 0.1) is 0 Å². The molecule has 2 N–H and O–H groups in total.